The molecule has 0 spiro atoms. The first kappa shape index (κ1) is 16.3. The smallest absolute Gasteiger partial charge is 0.0898 e. The van der Waals surface area contributed by atoms with E-state index in [1.165, 1.54) is 57.8 Å². The van der Waals surface area contributed by atoms with Gasteiger partial charge in [-0.3, -0.25) is 0 Å². The van der Waals surface area contributed by atoms with Crippen molar-refractivity contribution in [3.63, 3.8) is 0 Å². The van der Waals surface area contributed by atoms with E-state index in [1.54, 1.807) is 0 Å². The Labute approximate surface area is 124 Å². The highest BCUT2D eigenvalue weighted by Gasteiger charge is 2.27. The van der Waals surface area contributed by atoms with Crippen molar-refractivity contribution in [1.82, 2.24) is 5.32 Å². The topological polar surface area (TPSA) is 41.5 Å². The summed E-state index contributed by atoms with van der Waals surface area (Å²) in [7, 11) is 0. The summed E-state index contributed by atoms with van der Waals surface area (Å²) in [6.45, 7) is 5.72. The summed E-state index contributed by atoms with van der Waals surface area (Å²) < 4.78 is 5.94. The molecule has 0 bridgehead atoms. The Morgan fingerprint density at radius 3 is 2.55 bits per heavy atom. The van der Waals surface area contributed by atoms with E-state index in [2.05, 4.69) is 19.2 Å². The SMILES string of the molecule is CC1CCCCC1OCC(O)CNC1(C)CCCCC1. The van der Waals surface area contributed by atoms with Gasteiger partial charge in [-0.15, -0.1) is 0 Å². The molecule has 2 saturated carbocycles. The number of aliphatic hydroxyl groups excluding tert-OH is 1. The van der Waals surface area contributed by atoms with Crippen LogP contribution >= 0.6 is 0 Å². The molecule has 2 aliphatic carbocycles. The van der Waals surface area contributed by atoms with E-state index in [0.29, 0.717) is 25.2 Å². The number of aliphatic hydroxyl groups is 1. The standard InChI is InChI=1S/C17H33NO2/c1-14-8-4-5-9-16(14)20-13-15(19)12-18-17(2)10-6-3-7-11-17/h14-16,18-19H,3-13H2,1-2H3. The largest absolute Gasteiger partial charge is 0.389 e. The minimum absolute atomic E-state index is 0.233. The van der Waals surface area contributed by atoms with Crippen molar-refractivity contribution < 1.29 is 9.84 Å². The van der Waals surface area contributed by atoms with E-state index in [4.69, 9.17) is 4.74 Å². The maximum absolute atomic E-state index is 10.1. The van der Waals surface area contributed by atoms with Crippen molar-refractivity contribution in [2.75, 3.05) is 13.2 Å². The van der Waals surface area contributed by atoms with E-state index in [0.717, 1.165) is 0 Å². The number of hydrogen-bond donors (Lipinski definition) is 2. The monoisotopic (exact) mass is 283 g/mol. The number of hydrogen-bond acceptors (Lipinski definition) is 3. The van der Waals surface area contributed by atoms with Gasteiger partial charge in [0.1, 0.15) is 0 Å². The van der Waals surface area contributed by atoms with E-state index in [1.807, 2.05) is 0 Å². The average molecular weight is 283 g/mol. The maximum atomic E-state index is 10.1. The molecule has 0 aliphatic heterocycles. The van der Waals surface area contributed by atoms with E-state index in [-0.39, 0.29) is 11.6 Å². The lowest BCUT2D eigenvalue weighted by molar-refractivity contribution is -0.0468. The predicted octanol–water partition coefficient (Wildman–Crippen LogP) is 3.26. The van der Waals surface area contributed by atoms with Crippen LogP contribution in [0.25, 0.3) is 0 Å². The molecule has 20 heavy (non-hydrogen) atoms. The molecule has 3 heteroatoms. The molecular formula is C17H33NO2. The summed E-state index contributed by atoms with van der Waals surface area (Å²) in [5.74, 6) is 0.653. The van der Waals surface area contributed by atoms with Gasteiger partial charge in [-0.05, 0) is 38.5 Å². The molecule has 3 atom stereocenters. The summed E-state index contributed by atoms with van der Waals surface area (Å²) in [6, 6.07) is 0. The van der Waals surface area contributed by atoms with Gasteiger partial charge in [0.2, 0.25) is 0 Å². The number of nitrogens with one attached hydrogen (secondary N) is 1. The molecule has 3 unspecified atom stereocenters. The van der Waals surface area contributed by atoms with Crippen molar-refractivity contribution in [3.05, 3.63) is 0 Å². The molecule has 2 rings (SSSR count). The molecule has 3 nitrogen and oxygen atoms in total. The summed E-state index contributed by atoms with van der Waals surface area (Å²) in [4.78, 5) is 0. The quantitative estimate of drug-likeness (QED) is 0.786. The van der Waals surface area contributed by atoms with Crippen LogP contribution < -0.4 is 5.32 Å². The highest BCUT2D eigenvalue weighted by molar-refractivity contribution is 4.87. The van der Waals surface area contributed by atoms with Gasteiger partial charge in [0.15, 0.2) is 0 Å². The van der Waals surface area contributed by atoms with E-state index < -0.39 is 0 Å². The molecule has 0 aromatic carbocycles. The minimum atomic E-state index is -0.372. The van der Waals surface area contributed by atoms with Gasteiger partial charge in [0, 0.05) is 12.1 Å². The van der Waals surface area contributed by atoms with Gasteiger partial charge in [0.05, 0.1) is 18.8 Å². The number of β-amino-alcohol motifs (C(OH)–C–C–N with tert-alkyl or cyclic N) is 1. The van der Waals surface area contributed by atoms with Crippen LogP contribution in [0.4, 0.5) is 0 Å². The Kier molecular flexibility index (Phi) is 6.31. The molecular weight excluding hydrogens is 250 g/mol. The molecule has 0 aromatic rings. The van der Waals surface area contributed by atoms with Crippen LogP contribution in [0, 0.1) is 5.92 Å². The second kappa shape index (κ2) is 7.77. The van der Waals surface area contributed by atoms with Crippen LogP contribution in [0.2, 0.25) is 0 Å². The summed E-state index contributed by atoms with van der Waals surface area (Å²) in [5, 5.41) is 13.7. The van der Waals surface area contributed by atoms with Crippen molar-refractivity contribution in [2.45, 2.75) is 89.4 Å². The van der Waals surface area contributed by atoms with Crippen LogP contribution in [-0.2, 0) is 4.74 Å². The second-order valence-electron chi connectivity index (χ2n) is 7.29. The molecule has 0 amide bonds. The Balaban J connectivity index is 1.63. The molecule has 2 N–H and O–H groups in total. The van der Waals surface area contributed by atoms with Gasteiger partial charge in [-0.25, -0.2) is 0 Å². The number of rotatable bonds is 6. The van der Waals surface area contributed by atoms with Crippen LogP contribution in [-0.4, -0.2) is 36.0 Å². The lowest BCUT2D eigenvalue weighted by Gasteiger charge is -2.36. The maximum Gasteiger partial charge on any atom is 0.0898 e. The van der Waals surface area contributed by atoms with Crippen molar-refractivity contribution >= 4 is 0 Å². The fraction of sp³-hybridized carbons (Fsp3) is 1.00. The molecule has 0 radical (unpaired) electrons. The van der Waals surface area contributed by atoms with Crippen LogP contribution in [0.5, 0.6) is 0 Å². The van der Waals surface area contributed by atoms with Crippen molar-refractivity contribution in [2.24, 2.45) is 5.92 Å². The summed E-state index contributed by atoms with van der Waals surface area (Å²) in [5.41, 5.74) is 0.233. The first-order valence-corrected chi connectivity index (χ1v) is 8.64. The van der Waals surface area contributed by atoms with E-state index >= 15 is 0 Å². The molecule has 2 fully saturated rings. The second-order valence-corrected chi connectivity index (χ2v) is 7.29. The first-order chi connectivity index (χ1) is 9.59. The van der Waals surface area contributed by atoms with E-state index in [9.17, 15) is 5.11 Å². The first-order valence-electron chi connectivity index (χ1n) is 8.64. The lowest BCUT2D eigenvalue weighted by atomic mass is 9.83. The average Bonchev–Trinajstić information content (AvgIpc) is 2.45. The highest BCUT2D eigenvalue weighted by Crippen LogP contribution is 2.28. The molecule has 2 aliphatic rings. The zero-order chi connectivity index (χ0) is 14.4. The fourth-order valence-electron chi connectivity index (χ4n) is 3.70. The predicted molar refractivity (Wildman–Crippen MR) is 82.9 cm³/mol. The van der Waals surface area contributed by atoms with Gasteiger partial charge in [-0.1, -0.05) is 39.0 Å². The third kappa shape index (κ3) is 5.01. The van der Waals surface area contributed by atoms with Gasteiger partial charge < -0.3 is 15.2 Å². The Morgan fingerprint density at radius 2 is 1.85 bits per heavy atom. The zero-order valence-electron chi connectivity index (χ0n) is 13.4. The summed E-state index contributed by atoms with van der Waals surface area (Å²) >= 11 is 0. The molecule has 0 aromatic heterocycles. The molecule has 0 heterocycles. The van der Waals surface area contributed by atoms with Crippen LogP contribution in [0.1, 0.15) is 71.6 Å². The zero-order valence-corrected chi connectivity index (χ0v) is 13.4. The highest BCUT2D eigenvalue weighted by atomic mass is 16.5. The molecule has 118 valence electrons. The minimum Gasteiger partial charge on any atom is -0.389 e. The van der Waals surface area contributed by atoms with Gasteiger partial charge in [0.25, 0.3) is 0 Å². The lowest BCUT2D eigenvalue weighted by Crippen LogP contribution is -2.48. The fourth-order valence-corrected chi connectivity index (χ4v) is 3.70. The third-order valence-electron chi connectivity index (χ3n) is 5.26. The van der Waals surface area contributed by atoms with Gasteiger partial charge in [-0.2, -0.15) is 0 Å². The van der Waals surface area contributed by atoms with Crippen LogP contribution in [0.15, 0.2) is 0 Å². The molecule has 0 saturated heterocycles. The Bertz CT molecular complexity index is 276. The normalized spacial score (nSPS) is 31.9. The number of ether oxygens (including phenoxy) is 1. The Hall–Kier alpha value is -0.120. The third-order valence-corrected chi connectivity index (χ3v) is 5.26. The van der Waals surface area contributed by atoms with Crippen LogP contribution in [0.3, 0.4) is 0 Å². The van der Waals surface area contributed by atoms with Crippen molar-refractivity contribution in [3.8, 4) is 0 Å². The Morgan fingerprint density at radius 1 is 1.15 bits per heavy atom. The summed E-state index contributed by atoms with van der Waals surface area (Å²) in [6.07, 6.45) is 11.5. The van der Waals surface area contributed by atoms with Gasteiger partial charge >= 0.3 is 0 Å². The van der Waals surface area contributed by atoms with Crippen molar-refractivity contribution in [1.29, 1.82) is 0 Å².